The fourth-order valence-corrected chi connectivity index (χ4v) is 0.919. The molecule has 0 fully saturated rings. The van der Waals surface area contributed by atoms with Crippen molar-refractivity contribution in [3.05, 3.63) is 24.3 Å². The molecule has 0 unspecified atom stereocenters. The summed E-state index contributed by atoms with van der Waals surface area (Å²) < 4.78 is 0. The summed E-state index contributed by atoms with van der Waals surface area (Å²) in [6, 6.07) is 8.08. The van der Waals surface area contributed by atoms with Crippen molar-refractivity contribution < 1.29 is 0 Å². The van der Waals surface area contributed by atoms with Crippen LogP contribution in [0.5, 0.6) is 0 Å². The zero-order valence-corrected chi connectivity index (χ0v) is 8.76. The quantitative estimate of drug-likeness (QED) is 0.782. The molecule has 1 aromatic carbocycles. The Hall–Kier alpha value is -0.600. The van der Waals surface area contributed by atoms with Gasteiger partial charge in [-0.25, -0.2) is 0 Å². The van der Waals surface area contributed by atoms with Gasteiger partial charge in [0.15, 0.2) is 0 Å². The van der Waals surface area contributed by atoms with E-state index in [4.69, 9.17) is 0 Å². The Morgan fingerprint density at radius 1 is 0.833 bits per heavy atom. The van der Waals surface area contributed by atoms with E-state index in [9.17, 15) is 0 Å². The highest BCUT2D eigenvalue weighted by atomic mass is 35.5. The van der Waals surface area contributed by atoms with Gasteiger partial charge in [0.05, 0.1) is 11.4 Å². The molecule has 2 N–H and O–H groups in total. The van der Waals surface area contributed by atoms with Crippen molar-refractivity contribution >= 4 is 36.2 Å². The van der Waals surface area contributed by atoms with Crippen LogP contribution in [0.1, 0.15) is 0 Å². The average molecular weight is 209 g/mol. The molecule has 0 saturated carbocycles. The molecule has 70 valence electrons. The Morgan fingerprint density at radius 2 is 1.17 bits per heavy atom. The normalized spacial score (nSPS) is 7.50. The molecule has 0 amide bonds. The monoisotopic (exact) mass is 208 g/mol. The van der Waals surface area contributed by atoms with Crippen LogP contribution < -0.4 is 10.6 Å². The second-order valence-corrected chi connectivity index (χ2v) is 2.05. The van der Waals surface area contributed by atoms with Crippen molar-refractivity contribution in [3.63, 3.8) is 0 Å². The summed E-state index contributed by atoms with van der Waals surface area (Å²) in [6.45, 7) is 0. The van der Waals surface area contributed by atoms with Crippen LogP contribution in [0, 0.1) is 0 Å². The maximum absolute atomic E-state index is 3.08. The van der Waals surface area contributed by atoms with Gasteiger partial charge >= 0.3 is 0 Å². The molecule has 0 spiro atoms. The molecule has 12 heavy (non-hydrogen) atoms. The number of benzene rings is 1. The van der Waals surface area contributed by atoms with Crippen molar-refractivity contribution in [3.8, 4) is 0 Å². The third kappa shape index (κ3) is 3.20. The molecule has 1 rings (SSSR count). The van der Waals surface area contributed by atoms with E-state index in [1.54, 1.807) is 0 Å². The molecule has 0 aliphatic carbocycles. The average Bonchev–Trinajstić information content (AvgIpc) is 2.04. The van der Waals surface area contributed by atoms with Gasteiger partial charge in [0.25, 0.3) is 0 Å². The van der Waals surface area contributed by atoms with Gasteiger partial charge in [0, 0.05) is 14.1 Å². The lowest BCUT2D eigenvalue weighted by Gasteiger charge is -2.06. The lowest BCUT2D eigenvalue weighted by atomic mass is 10.3. The molecule has 0 radical (unpaired) electrons. The van der Waals surface area contributed by atoms with Crippen LogP contribution in [0.3, 0.4) is 0 Å². The summed E-state index contributed by atoms with van der Waals surface area (Å²) in [6.07, 6.45) is 0. The zero-order chi connectivity index (χ0) is 7.40. The van der Waals surface area contributed by atoms with Crippen molar-refractivity contribution in [1.82, 2.24) is 0 Å². The number of hydrogen-bond donors (Lipinski definition) is 2. The summed E-state index contributed by atoms with van der Waals surface area (Å²) in [4.78, 5) is 0. The van der Waals surface area contributed by atoms with Gasteiger partial charge in [0.1, 0.15) is 0 Å². The summed E-state index contributed by atoms with van der Waals surface area (Å²) in [5, 5.41) is 6.17. The Balaban J connectivity index is 0. The molecule has 1 aromatic rings. The molecule has 0 saturated heterocycles. The van der Waals surface area contributed by atoms with Gasteiger partial charge in [-0.1, -0.05) is 12.1 Å². The first-order chi connectivity index (χ1) is 4.88. The van der Waals surface area contributed by atoms with Crippen LogP contribution in [0.25, 0.3) is 0 Å². The van der Waals surface area contributed by atoms with E-state index in [1.165, 1.54) is 0 Å². The largest absolute Gasteiger partial charge is 0.386 e. The maximum atomic E-state index is 3.08. The molecule has 0 aromatic heterocycles. The molecule has 0 heterocycles. The van der Waals surface area contributed by atoms with E-state index in [1.807, 2.05) is 38.4 Å². The fourth-order valence-electron chi connectivity index (χ4n) is 0.919. The third-order valence-electron chi connectivity index (χ3n) is 1.47. The number of rotatable bonds is 2. The molecule has 0 aliphatic rings. The molecular formula is C8H14Cl2N2. The number of halogens is 2. The standard InChI is InChI=1S/C8H12N2.2ClH/c1-9-7-5-3-4-6-8(7)10-2;;/h3-6,9-10H,1-2H3;2*1H. The first-order valence-corrected chi connectivity index (χ1v) is 3.33. The minimum Gasteiger partial charge on any atom is -0.386 e. The first-order valence-electron chi connectivity index (χ1n) is 3.33. The van der Waals surface area contributed by atoms with Crippen LogP contribution in [0.15, 0.2) is 24.3 Å². The first kappa shape index (κ1) is 14.0. The molecule has 0 bridgehead atoms. The number of anilines is 2. The van der Waals surface area contributed by atoms with Gasteiger partial charge in [-0.2, -0.15) is 0 Å². The van der Waals surface area contributed by atoms with Gasteiger partial charge in [-0.15, -0.1) is 24.8 Å². The van der Waals surface area contributed by atoms with Crippen molar-refractivity contribution in [2.24, 2.45) is 0 Å². The highest BCUT2D eigenvalue weighted by molar-refractivity contribution is 5.85. The van der Waals surface area contributed by atoms with Crippen LogP contribution >= 0.6 is 24.8 Å². The van der Waals surface area contributed by atoms with Gasteiger partial charge < -0.3 is 10.6 Å². The van der Waals surface area contributed by atoms with E-state index >= 15 is 0 Å². The third-order valence-corrected chi connectivity index (χ3v) is 1.47. The summed E-state index contributed by atoms with van der Waals surface area (Å²) in [7, 11) is 3.83. The Morgan fingerprint density at radius 3 is 1.42 bits per heavy atom. The van der Waals surface area contributed by atoms with Gasteiger partial charge in [-0.05, 0) is 12.1 Å². The Kier molecular flexibility index (Phi) is 8.22. The minimum absolute atomic E-state index is 0. The predicted octanol–water partition coefficient (Wildman–Crippen LogP) is 2.61. The number of hydrogen-bond acceptors (Lipinski definition) is 2. The molecule has 0 aliphatic heterocycles. The number of nitrogens with one attached hydrogen (secondary N) is 2. The second-order valence-electron chi connectivity index (χ2n) is 2.05. The highest BCUT2D eigenvalue weighted by Gasteiger charge is 1.92. The lowest BCUT2D eigenvalue weighted by molar-refractivity contribution is 1.45. The molecule has 4 heteroatoms. The highest BCUT2D eigenvalue weighted by Crippen LogP contribution is 2.18. The van der Waals surface area contributed by atoms with Crippen LogP contribution in [0.2, 0.25) is 0 Å². The number of para-hydroxylation sites is 2. The summed E-state index contributed by atoms with van der Waals surface area (Å²) in [5.74, 6) is 0. The molecule has 0 atom stereocenters. The molecular weight excluding hydrogens is 195 g/mol. The van der Waals surface area contributed by atoms with E-state index < -0.39 is 0 Å². The zero-order valence-electron chi connectivity index (χ0n) is 7.13. The van der Waals surface area contributed by atoms with E-state index in [2.05, 4.69) is 10.6 Å². The Bertz CT molecular complexity index is 193. The van der Waals surface area contributed by atoms with E-state index in [0.717, 1.165) is 11.4 Å². The smallest absolute Gasteiger partial charge is 0.0573 e. The fraction of sp³-hybridized carbons (Fsp3) is 0.250. The summed E-state index contributed by atoms with van der Waals surface area (Å²) >= 11 is 0. The van der Waals surface area contributed by atoms with Crippen LogP contribution in [-0.2, 0) is 0 Å². The lowest BCUT2D eigenvalue weighted by Crippen LogP contribution is -1.95. The maximum Gasteiger partial charge on any atom is 0.0573 e. The second kappa shape index (κ2) is 7.07. The van der Waals surface area contributed by atoms with Crippen molar-refractivity contribution in [2.45, 2.75) is 0 Å². The van der Waals surface area contributed by atoms with Crippen molar-refractivity contribution in [1.29, 1.82) is 0 Å². The van der Waals surface area contributed by atoms with Gasteiger partial charge in [-0.3, -0.25) is 0 Å². The van der Waals surface area contributed by atoms with Crippen LogP contribution in [0.4, 0.5) is 11.4 Å². The van der Waals surface area contributed by atoms with Gasteiger partial charge in [0.2, 0.25) is 0 Å². The summed E-state index contributed by atoms with van der Waals surface area (Å²) in [5.41, 5.74) is 2.26. The van der Waals surface area contributed by atoms with Crippen molar-refractivity contribution in [2.75, 3.05) is 24.7 Å². The Labute approximate surface area is 85.6 Å². The molecule has 2 nitrogen and oxygen atoms in total. The SMILES string of the molecule is CNc1ccccc1NC.Cl.Cl. The van der Waals surface area contributed by atoms with E-state index in [-0.39, 0.29) is 24.8 Å². The topological polar surface area (TPSA) is 24.1 Å². The minimum atomic E-state index is 0. The predicted molar refractivity (Wildman–Crippen MR) is 60.0 cm³/mol. The van der Waals surface area contributed by atoms with E-state index in [0.29, 0.717) is 0 Å². The van der Waals surface area contributed by atoms with Crippen LogP contribution in [-0.4, -0.2) is 14.1 Å².